The number of amides is 1. The van der Waals surface area contributed by atoms with Gasteiger partial charge in [0.05, 0.1) is 13.2 Å². The first-order valence-corrected chi connectivity index (χ1v) is 7.03. The molecule has 1 aromatic rings. The van der Waals surface area contributed by atoms with Gasteiger partial charge in [0.2, 0.25) is 5.91 Å². The highest BCUT2D eigenvalue weighted by Crippen LogP contribution is 2.20. The third kappa shape index (κ3) is 4.05. The molecule has 0 radical (unpaired) electrons. The highest BCUT2D eigenvalue weighted by molar-refractivity contribution is 5.93. The van der Waals surface area contributed by atoms with Gasteiger partial charge in [-0.2, -0.15) is 0 Å². The van der Waals surface area contributed by atoms with Crippen LogP contribution < -0.4 is 5.32 Å². The number of nitrogens with zero attached hydrogens (tertiary/aromatic N) is 1. The van der Waals surface area contributed by atoms with Crippen LogP contribution >= 0.6 is 0 Å². The second-order valence-electron chi connectivity index (χ2n) is 5.80. The zero-order chi connectivity index (χ0) is 15.3. The first-order valence-electron chi connectivity index (χ1n) is 7.03. The molecule has 1 rings (SSSR count). The summed E-state index contributed by atoms with van der Waals surface area (Å²) in [6, 6.07) is 5.95. The van der Waals surface area contributed by atoms with Gasteiger partial charge in [-0.3, -0.25) is 9.69 Å². The van der Waals surface area contributed by atoms with E-state index in [1.165, 1.54) is 0 Å². The maximum absolute atomic E-state index is 12.2. The van der Waals surface area contributed by atoms with E-state index >= 15 is 0 Å². The number of hydrogen-bond donors (Lipinski definition) is 2. The van der Waals surface area contributed by atoms with E-state index in [0.717, 1.165) is 16.8 Å². The van der Waals surface area contributed by atoms with E-state index in [-0.39, 0.29) is 19.1 Å². The lowest BCUT2D eigenvalue weighted by Crippen LogP contribution is -2.49. The number of aliphatic hydroxyl groups excluding tert-OH is 1. The number of benzene rings is 1. The molecule has 0 heterocycles. The van der Waals surface area contributed by atoms with Gasteiger partial charge in [-0.15, -0.1) is 0 Å². The van der Waals surface area contributed by atoms with Crippen LogP contribution in [0.3, 0.4) is 0 Å². The molecule has 0 saturated carbocycles. The molecule has 2 N–H and O–H groups in total. The van der Waals surface area contributed by atoms with Crippen molar-refractivity contribution in [3.8, 4) is 0 Å². The minimum absolute atomic E-state index is 0.0253. The smallest absolute Gasteiger partial charge is 0.238 e. The molecular formula is C16H26N2O2. The molecule has 0 unspecified atom stereocenters. The molecule has 0 atom stereocenters. The average Bonchev–Trinajstić information content (AvgIpc) is 2.40. The number of aryl methyl sites for hydroxylation is 2. The number of para-hydroxylation sites is 1. The van der Waals surface area contributed by atoms with Gasteiger partial charge in [0.25, 0.3) is 0 Å². The van der Waals surface area contributed by atoms with Crippen molar-refractivity contribution in [3.05, 3.63) is 29.3 Å². The van der Waals surface area contributed by atoms with Gasteiger partial charge in [0.15, 0.2) is 0 Å². The summed E-state index contributed by atoms with van der Waals surface area (Å²) in [5, 5.41) is 12.4. The normalized spacial score (nSPS) is 11.8. The molecule has 0 spiro atoms. The van der Waals surface area contributed by atoms with Crippen molar-refractivity contribution >= 4 is 11.6 Å². The lowest BCUT2D eigenvalue weighted by molar-refractivity contribution is -0.119. The predicted molar refractivity (Wildman–Crippen MR) is 83.0 cm³/mol. The SMILES string of the molecule is CCN(CC(=O)Nc1c(C)cccc1C)C(C)(C)CO. The van der Waals surface area contributed by atoms with E-state index < -0.39 is 5.54 Å². The molecule has 0 aliphatic heterocycles. The second kappa shape index (κ2) is 6.86. The summed E-state index contributed by atoms with van der Waals surface area (Å²) in [7, 11) is 0. The van der Waals surface area contributed by atoms with Crippen LogP contribution in [0.4, 0.5) is 5.69 Å². The molecule has 0 aliphatic carbocycles. The fraction of sp³-hybridized carbons (Fsp3) is 0.562. The molecule has 0 fully saturated rings. The topological polar surface area (TPSA) is 52.6 Å². The van der Waals surface area contributed by atoms with Gasteiger partial charge >= 0.3 is 0 Å². The maximum Gasteiger partial charge on any atom is 0.238 e. The standard InChI is InChI=1S/C16H26N2O2/c1-6-18(16(4,5)11-19)10-14(20)17-15-12(2)8-7-9-13(15)3/h7-9,19H,6,10-11H2,1-5H3,(H,17,20). The number of carbonyl (C=O) groups is 1. The summed E-state index contributed by atoms with van der Waals surface area (Å²) in [6.45, 7) is 10.8. The Morgan fingerprint density at radius 3 is 2.30 bits per heavy atom. The number of hydrogen-bond acceptors (Lipinski definition) is 3. The third-order valence-corrected chi connectivity index (χ3v) is 3.70. The zero-order valence-corrected chi connectivity index (χ0v) is 13.2. The summed E-state index contributed by atoms with van der Waals surface area (Å²) < 4.78 is 0. The molecule has 0 bridgehead atoms. The number of nitrogens with one attached hydrogen (secondary N) is 1. The molecule has 4 heteroatoms. The Kier molecular flexibility index (Phi) is 5.72. The van der Waals surface area contributed by atoms with Crippen molar-refractivity contribution in [2.24, 2.45) is 0 Å². The average molecular weight is 278 g/mol. The Balaban J connectivity index is 2.77. The van der Waals surface area contributed by atoms with Crippen LogP contribution in [0.5, 0.6) is 0 Å². The largest absolute Gasteiger partial charge is 0.394 e. The molecule has 112 valence electrons. The van der Waals surface area contributed by atoms with Gasteiger partial charge in [0.1, 0.15) is 0 Å². The minimum Gasteiger partial charge on any atom is -0.394 e. The van der Waals surface area contributed by atoms with E-state index in [4.69, 9.17) is 0 Å². The highest BCUT2D eigenvalue weighted by Gasteiger charge is 2.26. The highest BCUT2D eigenvalue weighted by atomic mass is 16.3. The van der Waals surface area contributed by atoms with Crippen molar-refractivity contribution in [1.82, 2.24) is 4.90 Å². The van der Waals surface area contributed by atoms with Crippen molar-refractivity contribution in [2.45, 2.75) is 40.2 Å². The minimum atomic E-state index is -0.396. The van der Waals surface area contributed by atoms with E-state index in [2.05, 4.69) is 5.32 Å². The van der Waals surface area contributed by atoms with Crippen molar-refractivity contribution in [1.29, 1.82) is 0 Å². The van der Waals surface area contributed by atoms with Gasteiger partial charge in [-0.1, -0.05) is 25.1 Å². The number of likely N-dealkylation sites (N-methyl/N-ethyl adjacent to an activating group) is 1. The lowest BCUT2D eigenvalue weighted by Gasteiger charge is -2.35. The summed E-state index contributed by atoms with van der Waals surface area (Å²) in [4.78, 5) is 14.2. The first kappa shape index (κ1) is 16.7. The van der Waals surface area contributed by atoms with Crippen LogP contribution in [0.25, 0.3) is 0 Å². The summed E-state index contributed by atoms with van der Waals surface area (Å²) >= 11 is 0. The van der Waals surface area contributed by atoms with Crippen molar-refractivity contribution < 1.29 is 9.90 Å². The van der Waals surface area contributed by atoms with Crippen LogP contribution in [-0.2, 0) is 4.79 Å². The van der Waals surface area contributed by atoms with Crippen LogP contribution in [0.1, 0.15) is 31.9 Å². The molecule has 0 aromatic heterocycles. The number of aliphatic hydroxyl groups is 1. The summed E-state index contributed by atoms with van der Waals surface area (Å²) in [5.74, 6) is -0.0502. The van der Waals surface area contributed by atoms with E-state index in [1.807, 2.05) is 57.7 Å². The first-order chi connectivity index (χ1) is 9.31. The lowest BCUT2D eigenvalue weighted by atomic mass is 10.0. The summed E-state index contributed by atoms with van der Waals surface area (Å²) in [5.41, 5.74) is 2.60. The van der Waals surface area contributed by atoms with Gasteiger partial charge < -0.3 is 10.4 Å². The van der Waals surface area contributed by atoms with Gasteiger partial charge in [-0.25, -0.2) is 0 Å². The molecular weight excluding hydrogens is 252 g/mol. The van der Waals surface area contributed by atoms with E-state index in [1.54, 1.807) is 0 Å². The van der Waals surface area contributed by atoms with Crippen LogP contribution in [0.2, 0.25) is 0 Å². The van der Waals surface area contributed by atoms with E-state index in [9.17, 15) is 9.90 Å². The fourth-order valence-corrected chi connectivity index (χ4v) is 2.22. The Labute approximate surface area is 121 Å². The van der Waals surface area contributed by atoms with E-state index in [0.29, 0.717) is 6.54 Å². The molecule has 1 aromatic carbocycles. The van der Waals surface area contributed by atoms with Gasteiger partial charge in [0, 0.05) is 11.2 Å². The molecule has 0 aliphatic rings. The van der Waals surface area contributed by atoms with Crippen LogP contribution in [-0.4, -0.2) is 41.1 Å². The zero-order valence-electron chi connectivity index (χ0n) is 13.2. The molecule has 0 saturated heterocycles. The fourth-order valence-electron chi connectivity index (χ4n) is 2.22. The predicted octanol–water partition coefficient (Wildman–Crippen LogP) is 2.33. The second-order valence-corrected chi connectivity index (χ2v) is 5.80. The number of rotatable bonds is 6. The number of carbonyl (C=O) groups excluding carboxylic acids is 1. The third-order valence-electron chi connectivity index (χ3n) is 3.70. The van der Waals surface area contributed by atoms with Crippen molar-refractivity contribution in [3.63, 3.8) is 0 Å². The Hall–Kier alpha value is -1.39. The number of anilines is 1. The van der Waals surface area contributed by atoms with Crippen LogP contribution in [0.15, 0.2) is 18.2 Å². The van der Waals surface area contributed by atoms with Crippen molar-refractivity contribution in [2.75, 3.05) is 25.0 Å². The Bertz CT molecular complexity index is 449. The Morgan fingerprint density at radius 2 is 1.85 bits per heavy atom. The van der Waals surface area contributed by atoms with Crippen LogP contribution in [0, 0.1) is 13.8 Å². The molecule has 20 heavy (non-hydrogen) atoms. The Morgan fingerprint density at radius 1 is 1.30 bits per heavy atom. The monoisotopic (exact) mass is 278 g/mol. The molecule has 1 amide bonds. The van der Waals surface area contributed by atoms with Gasteiger partial charge in [-0.05, 0) is 45.4 Å². The quantitative estimate of drug-likeness (QED) is 0.839. The molecule has 4 nitrogen and oxygen atoms in total. The summed E-state index contributed by atoms with van der Waals surface area (Å²) in [6.07, 6.45) is 0. The maximum atomic E-state index is 12.2.